The zero-order valence-corrected chi connectivity index (χ0v) is 10.2. The van der Waals surface area contributed by atoms with Crippen molar-refractivity contribution in [3.05, 3.63) is 34.6 Å². The Bertz CT molecular complexity index is 394. The largest absolute Gasteiger partial charge is 0.378 e. The van der Waals surface area contributed by atoms with Crippen LogP contribution >= 0.6 is 11.6 Å². The molecule has 0 bridgehead atoms. The molecular formula is C13H14ClFO2. The highest BCUT2D eigenvalue weighted by molar-refractivity contribution is 6.31. The van der Waals surface area contributed by atoms with Crippen molar-refractivity contribution in [2.45, 2.75) is 31.8 Å². The van der Waals surface area contributed by atoms with Crippen LogP contribution in [0.25, 0.3) is 0 Å². The maximum Gasteiger partial charge on any atom is 0.140 e. The lowest BCUT2D eigenvalue weighted by molar-refractivity contribution is -0.120. The number of carbonyl (C=O) groups excluding carboxylic acids is 1. The molecule has 4 heteroatoms. The Morgan fingerprint density at radius 1 is 1.53 bits per heavy atom. The maximum absolute atomic E-state index is 13.5. The van der Waals surface area contributed by atoms with E-state index in [4.69, 9.17) is 16.3 Å². The summed E-state index contributed by atoms with van der Waals surface area (Å²) < 4.78 is 18.8. The first-order valence-corrected chi connectivity index (χ1v) is 6.11. The van der Waals surface area contributed by atoms with E-state index in [-0.39, 0.29) is 23.9 Å². The Kier molecular flexibility index (Phi) is 4.13. The van der Waals surface area contributed by atoms with Gasteiger partial charge in [-0.05, 0) is 25.0 Å². The molecule has 1 aliphatic rings. The molecule has 1 fully saturated rings. The van der Waals surface area contributed by atoms with Gasteiger partial charge in [-0.25, -0.2) is 4.39 Å². The highest BCUT2D eigenvalue weighted by Crippen LogP contribution is 2.22. The monoisotopic (exact) mass is 256 g/mol. The normalized spacial score (nSPS) is 19.5. The van der Waals surface area contributed by atoms with Crippen molar-refractivity contribution in [3.63, 3.8) is 0 Å². The second-order valence-corrected chi connectivity index (χ2v) is 4.66. The second kappa shape index (κ2) is 5.61. The van der Waals surface area contributed by atoms with Crippen molar-refractivity contribution in [2.24, 2.45) is 0 Å². The highest BCUT2D eigenvalue weighted by Gasteiger charge is 2.20. The lowest BCUT2D eigenvalue weighted by atomic mass is 10.0. The van der Waals surface area contributed by atoms with Crippen molar-refractivity contribution in [1.29, 1.82) is 0 Å². The molecule has 0 aromatic heterocycles. The molecule has 0 amide bonds. The lowest BCUT2D eigenvalue weighted by Gasteiger charge is -2.09. The highest BCUT2D eigenvalue weighted by atomic mass is 35.5. The molecule has 0 N–H and O–H groups in total. The summed E-state index contributed by atoms with van der Waals surface area (Å²) in [7, 11) is 0. The summed E-state index contributed by atoms with van der Waals surface area (Å²) in [5, 5.41) is 0.311. The minimum absolute atomic E-state index is 0.00745. The van der Waals surface area contributed by atoms with Gasteiger partial charge in [-0.2, -0.15) is 0 Å². The fraction of sp³-hybridized carbons (Fsp3) is 0.462. The number of hydrogen-bond donors (Lipinski definition) is 0. The Labute approximate surface area is 105 Å². The quantitative estimate of drug-likeness (QED) is 0.827. The smallest absolute Gasteiger partial charge is 0.140 e. The molecule has 0 saturated carbocycles. The summed E-state index contributed by atoms with van der Waals surface area (Å²) in [5.41, 5.74) is 0.289. The van der Waals surface area contributed by atoms with E-state index in [0.717, 1.165) is 19.4 Å². The van der Waals surface area contributed by atoms with Crippen LogP contribution in [0.5, 0.6) is 0 Å². The number of halogens is 2. The third kappa shape index (κ3) is 3.27. The molecule has 17 heavy (non-hydrogen) atoms. The fourth-order valence-electron chi connectivity index (χ4n) is 2.03. The molecule has 0 spiro atoms. The van der Waals surface area contributed by atoms with Gasteiger partial charge in [0.25, 0.3) is 0 Å². The summed E-state index contributed by atoms with van der Waals surface area (Å²) in [6.45, 7) is 0.721. The van der Waals surface area contributed by atoms with Gasteiger partial charge in [0.05, 0.1) is 6.10 Å². The molecule has 1 saturated heterocycles. The molecule has 2 rings (SSSR count). The van der Waals surface area contributed by atoms with Gasteiger partial charge in [-0.15, -0.1) is 0 Å². The predicted molar refractivity (Wildman–Crippen MR) is 63.7 cm³/mol. The molecule has 1 heterocycles. The number of carbonyl (C=O) groups is 1. The van der Waals surface area contributed by atoms with E-state index in [9.17, 15) is 9.18 Å². The molecule has 0 radical (unpaired) electrons. The van der Waals surface area contributed by atoms with Gasteiger partial charge < -0.3 is 4.74 Å². The number of rotatable bonds is 4. The number of benzene rings is 1. The predicted octanol–water partition coefficient (Wildman–Crippen LogP) is 3.16. The van der Waals surface area contributed by atoms with Crippen LogP contribution in [0.2, 0.25) is 5.02 Å². The summed E-state index contributed by atoms with van der Waals surface area (Å²) in [6, 6.07) is 4.45. The second-order valence-electron chi connectivity index (χ2n) is 4.25. The SMILES string of the molecule is O=C(Cc1c(F)cccc1Cl)CC1CCCO1. The van der Waals surface area contributed by atoms with Gasteiger partial charge in [-0.3, -0.25) is 4.79 Å². The lowest BCUT2D eigenvalue weighted by Crippen LogP contribution is -2.15. The minimum Gasteiger partial charge on any atom is -0.378 e. The van der Waals surface area contributed by atoms with Crippen LogP contribution in [-0.2, 0) is 16.0 Å². The molecule has 0 aliphatic carbocycles. The van der Waals surface area contributed by atoms with E-state index in [2.05, 4.69) is 0 Å². The molecule has 92 valence electrons. The molecule has 1 atom stereocenters. The first-order valence-electron chi connectivity index (χ1n) is 5.73. The van der Waals surface area contributed by atoms with Crippen molar-refractivity contribution >= 4 is 17.4 Å². The molecular weight excluding hydrogens is 243 g/mol. The van der Waals surface area contributed by atoms with E-state index < -0.39 is 5.82 Å². The topological polar surface area (TPSA) is 26.3 Å². The van der Waals surface area contributed by atoms with E-state index in [1.807, 2.05) is 0 Å². The first-order chi connectivity index (χ1) is 8.16. The molecule has 1 unspecified atom stereocenters. The summed E-state index contributed by atoms with van der Waals surface area (Å²) in [6.07, 6.45) is 2.32. The zero-order valence-electron chi connectivity index (χ0n) is 9.42. The van der Waals surface area contributed by atoms with Crippen LogP contribution < -0.4 is 0 Å². The van der Waals surface area contributed by atoms with Crippen LogP contribution in [0.3, 0.4) is 0 Å². The van der Waals surface area contributed by atoms with Gasteiger partial charge >= 0.3 is 0 Å². The first kappa shape index (κ1) is 12.5. The van der Waals surface area contributed by atoms with Gasteiger partial charge in [0.15, 0.2) is 0 Å². The average Bonchev–Trinajstić information content (AvgIpc) is 2.76. The van der Waals surface area contributed by atoms with E-state index >= 15 is 0 Å². The van der Waals surface area contributed by atoms with Crippen LogP contribution in [0, 0.1) is 5.82 Å². The van der Waals surface area contributed by atoms with Crippen molar-refractivity contribution < 1.29 is 13.9 Å². The van der Waals surface area contributed by atoms with Crippen LogP contribution in [0.4, 0.5) is 4.39 Å². The van der Waals surface area contributed by atoms with Gasteiger partial charge in [-0.1, -0.05) is 17.7 Å². The zero-order chi connectivity index (χ0) is 12.3. The van der Waals surface area contributed by atoms with Crippen LogP contribution in [0.15, 0.2) is 18.2 Å². The van der Waals surface area contributed by atoms with Gasteiger partial charge in [0, 0.05) is 30.0 Å². The number of ether oxygens (including phenoxy) is 1. The van der Waals surface area contributed by atoms with Crippen molar-refractivity contribution in [2.75, 3.05) is 6.61 Å². The Morgan fingerprint density at radius 3 is 3.00 bits per heavy atom. The van der Waals surface area contributed by atoms with Gasteiger partial charge in [0.1, 0.15) is 11.6 Å². The number of hydrogen-bond acceptors (Lipinski definition) is 2. The average molecular weight is 257 g/mol. The number of Topliss-reactive ketones (excluding diaryl/α,β-unsaturated/α-hetero) is 1. The Morgan fingerprint density at radius 2 is 2.35 bits per heavy atom. The molecule has 1 aromatic carbocycles. The standard InChI is InChI=1S/C13H14ClFO2/c14-12-4-1-5-13(15)11(12)8-9(16)7-10-3-2-6-17-10/h1,4-5,10H,2-3,6-8H2. The molecule has 1 aromatic rings. The Hall–Kier alpha value is -0.930. The van der Waals surface area contributed by atoms with Crippen LogP contribution in [-0.4, -0.2) is 18.5 Å². The maximum atomic E-state index is 13.5. The Balaban J connectivity index is 1.97. The summed E-state index contributed by atoms with van der Waals surface area (Å²) in [5.74, 6) is -0.443. The van der Waals surface area contributed by atoms with E-state index in [0.29, 0.717) is 11.4 Å². The minimum atomic E-state index is -0.418. The van der Waals surface area contributed by atoms with E-state index in [1.54, 1.807) is 6.07 Å². The number of ketones is 1. The van der Waals surface area contributed by atoms with E-state index in [1.165, 1.54) is 12.1 Å². The van der Waals surface area contributed by atoms with Crippen molar-refractivity contribution in [1.82, 2.24) is 0 Å². The van der Waals surface area contributed by atoms with Crippen LogP contribution in [0.1, 0.15) is 24.8 Å². The molecule has 2 nitrogen and oxygen atoms in total. The summed E-state index contributed by atoms with van der Waals surface area (Å²) >= 11 is 5.87. The third-order valence-corrected chi connectivity index (χ3v) is 3.27. The van der Waals surface area contributed by atoms with Crippen molar-refractivity contribution in [3.8, 4) is 0 Å². The summed E-state index contributed by atoms with van der Waals surface area (Å²) in [4.78, 5) is 11.8. The fourth-order valence-corrected chi connectivity index (χ4v) is 2.26. The third-order valence-electron chi connectivity index (χ3n) is 2.91. The molecule has 1 aliphatic heterocycles. The van der Waals surface area contributed by atoms with Gasteiger partial charge in [0.2, 0.25) is 0 Å².